The molecule has 1 nitrogen and oxygen atoms in total. The number of phenols is 1. The van der Waals surface area contributed by atoms with Gasteiger partial charge in [-0.15, -0.1) is 0 Å². The number of benzene rings is 2. The van der Waals surface area contributed by atoms with Crippen molar-refractivity contribution >= 4 is 0 Å². The summed E-state index contributed by atoms with van der Waals surface area (Å²) in [5.74, 6) is 0.985. The van der Waals surface area contributed by atoms with E-state index in [-0.39, 0.29) is 0 Å². The summed E-state index contributed by atoms with van der Waals surface area (Å²) < 4.78 is 0. The lowest BCUT2D eigenvalue weighted by Gasteiger charge is -2.21. The van der Waals surface area contributed by atoms with Gasteiger partial charge in [0.05, 0.1) is 0 Å². The van der Waals surface area contributed by atoms with Crippen molar-refractivity contribution < 1.29 is 5.11 Å². The second kappa shape index (κ2) is 13.4. The van der Waals surface area contributed by atoms with Crippen LogP contribution in [0.3, 0.4) is 0 Å². The Hall–Kier alpha value is -1.76. The Bertz CT molecular complexity index is 647. The Kier molecular flexibility index (Phi) is 10.8. The summed E-state index contributed by atoms with van der Waals surface area (Å²) in [5.41, 5.74) is 3.61. The van der Waals surface area contributed by atoms with Crippen molar-refractivity contribution in [3.8, 4) is 16.9 Å². The summed E-state index contributed by atoms with van der Waals surface area (Å²) in [7, 11) is 0. The molecule has 0 aliphatic carbocycles. The molecule has 28 heavy (non-hydrogen) atoms. The lowest BCUT2D eigenvalue weighted by atomic mass is 9.83. The van der Waals surface area contributed by atoms with E-state index in [2.05, 4.69) is 38.1 Å². The largest absolute Gasteiger partial charge is 0.507 e. The monoisotopic (exact) mass is 380 g/mol. The highest BCUT2D eigenvalue weighted by molar-refractivity contribution is 5.73. The third-order valence-corrected chi connectivity index (χ3v) is 5.91. The van der Waals surface area contributed by atoms with Crippen LogP contribution in [0.5, 0.6) is 5.75 Å². The van der Waals surface area contributed by atoms with Gasteiger partial charge in [0.2, 0.25) is 0 Å². The Morgan fingerprint density at radius 2 is 1.11 bits per heavy atom. The molecule has 0 atom stereocenters. The van der Waals surface area contributed by atoms with Crippen LogP contribution >= 0.6 is 0 Å². The van der Waals surface area contributed by atoms with Crippen molar-refractivity contribution in [2.24, 2.45) is 0 Å². The molecule has 0 fully saturated rings. The highest BCUT2D eigenvalue weighted by Gasteiger charge is 2.17. The average Bonchev–Trinajstić information content (AvgIpc) is 2.72. The van der Waals surface area contributed by atoms with E-state index in [1.807, 2.05) is 18.2 Å². The zero-order valence-corrected chi connectivity index (χ0v) is 18.1. The number of phenolic OH excluding ortho intramolecular Hbond substituents is 1. The molecule has 154 valence electrons. The Morgan fingerprint density at radius 3 is 1.68 bits per heavy atom. The molecule has 0 radical (unpaired) electrons. The van der Waals surface area contributed by atoms with Crippen molar-refractivity contribution in [3.63, 3.8) is 0 Å². The minimum absolute atomic E-state index is 0.389. The van der Waals surface area contributed by atoms with Crippen LogP contribution in [-0.2, 0) is 0 Å². The summed E-state index contributed by atoms with van der Waals surface area (Å²) >= 11 is 0. The van der Waals surface area contributed by atoms with Crippen LogP contribution in [0, 0.1) is 0 Å². The lowest BCUT2D eigenvalue weighted by molar-refractivity contribution is 0.476. The molecule has 0 aliphatic rings. The van der Waals surface area contributed by atoms with Gasteiger partial charge in [0, 0.05) is 5.56 Å². The van der Waals surface area contributed by atoms with E-state index in [9.17, 15) is 5.11 Å². The van der Waals surface area contributed by atoms with Crippen LogP contribution in [0.2, 0.25) is 0 Å². The second-order valence-electron chi connectivity index (χ2n) is 8.21. The van der Waals surface area contributed by atoms with E-state index < -0.39 is 0 Å². The molecule has 0 spiro atoms. The normalized spacial score (nSPS) is 11.2. The Balaban J connectivity index is 2.13. The molecule has 2 aromatic carbocycles. The van der Waals surface area contributed by atoms with E-state index in [1.165, 1.54) is 88.2 Å². The fourth-order valence-corrected chi connectivity index (χ4v) is 4.24. The number of aromatic hydroxyl groups is 1. The summed E-state index contributed by atoms with van der Waals surface area (Å²) in [6, 6.07) is 16.5. The fourth-order valence-electron chi connectivity index (χ4n) is 4.24. The zero-order chi connectivity index (χ0) is 20.0. The van der Waals surface area contributed by atoms with Crippen molar-refractivity contribution in [1.29, 1.82) is 0 Å². The first-order valence-corrected chi connectivity index (χ1v) is 11.6. The molecule has 0 saturated heterocycles. The van der Waals surface area contributed by atoms with E-state index in [0.29, 0.717) is 11.7 Å². The van der Waals surface area contributed by atoms with Crippen LogP contribution in [0.4, 0.5) is 0 Å². The summed E-state index contributed by atoms with van der Waals surface area (Å²) in [6.07, 6.45) is 15.9. The highest BCUT2D eigenvalue weighted by atomic mass is 16.3. The van der Waals surface area contributed by atoms with E-state index in [0.717, 1.165) is 5.56 Å². The molecular formula is C27H40O. The van der Waals surface area contributed by atoms with Gasteiger partial charge in [0.25, 0.3) is 0 Å². The summed E-state index contributed by atoms with van der Waals surface area (Å²) in [4.78, 5) is 0. The van der Waals surface area contributed by atoms with Gasteiger partial charge < -0.3 is 5.11 Å². The Labute approximate surface area is 173 Å². The molecule has 0 aromatic heterocycles. The summed E-state index contributed by atoms with van der Waals surface area (Å²) in [5, 5.41) is 10.4. The smallest absolute Gasteiger partial charge is 0.123 e. The van der Waals surface area contributed by atoms with Gasteiger partial charge in [-0.3, -0.25) is 0 Å². The standard InChI is InChI=1S/C27H40O/c1-3-5-7-9-11-17-23(18-12-10-8-6-4-2)24-19-13-14-20-25(24)26-21-15-16-22-27(26)28/h13-16,19-23,28H,3-12,17-18H2,1-2H3. The predicted octanol–water partition coefficient (Wildman–Crippen LogP) is 8.86. The van der Waals surface area contributed by atoms with Gasteiger partial charge in [-0.2, -0.15) is 0 Å². The molecule has 0 saturated carbocycles. The zero-order valence-electron chi connectivity index (χ0n) is 18.1. The van der Waals surface area contributed by atoms with E-state index in [4.69, 9.17) is 0 Å². The van der Waals surface area contributed by atoms with Gasteiger partial charge in [0.15, 0.2) is 0 Å². The van der Waals surface area contributed by atoms with Gasteiger partial charge >= 0.3 is 0 Å². The quantitative estimate of drug-likeness (QED) is 0.324. The number of unbranched alkanes of at least 4 members (excludes halogenated alkanes) is 8. The number of hydrogen-bond acceptors (Lipinski definition) is 1. The first-order chi connectivity index (χ1) is 13.8. The van der Waals surface area contributed by atoms with Crippen LogP contribution in [0.1, 0.15) is 102 Å². The maximum atomic E-state index is 10.4. The van der Waals surface area contributed by atoms with Gasteiger partial charge in [-0.05, 0) is 36.0 Å². The number of para-hydroxylation sites is 1. The Morgan fingerprint density at radius 1 is 0.607 bits per heavy atom. The molecule has 0 aliphatic heterocycles. The molecule has 0 amide bonds. The molecule has 1 heteroatoms. The molecule has 0 heterocycles. The van der Waals surface area contributed by atoms with Crippen LogP contribution < -0.4 is 0 Å². The van der Waals surface area contributed by atoms with Crippen LogP contribution in [0.15, 0.2) is 48.5 Å². The van der Waals surface area contributed by atoms with Gasteiger partial charge in [-0.1, -0.05) is 121 Å². The van der Waals surface area contributed by atoms with Crippen LogP contribution in [0.25, 0.3) is 11.1 Å². The second-order valence-corrected chi connectivity index (χ2v) is 8.21. The van der Waals surface area contributed by atoms with Crippen molar-refractivity contribution in [2.45, 2.75) is 96.8 Å². The van der Waals surface area contributed by atoms with Crippen molar-refractivity contribution in [1.82, 2.24) is 0 Å². The average molecular weight is 381 g/mol. The summed E-state index contributed by atoms with van der Waals surface area (Å²) in [6.45, 7) is 4.56. The minimum atomic E-state index is 0.389. The molecule has 0 bridgehead atoms. The third kappa shape index (κ3) is 7.34. The molecule has 1 N–H and O–H groups in total. The van der Waals surface area contributed by atoms with Crippen LogP contribution in [-0.4, -0.2) is 5.11 Å². The maximum Gasteiger partial charge on any atom is 0.123 e. The molecular weight excluding hydrogens is 340 g/mol. The number of hydrogen-bond donors (Lipinski definition) is 1. The molecule has 0 unspecified atom stereocenters. The van der Waals surface area contributed by atoms with E-state index >= 15 is 0 Å². The fraction of sp³-hybridized carbons (Fsp3) is 0.556. The molecule has 2 aromatic rings. The third-order valence-electron chi connectivity index (χ3n) is 5.91. The van der Waals surface area contributed by atoms with E-state index in [1.54, 1.807) is 6.07 Å². The maximum absolute atomic E-state index is 10.4. The lowest BCUT2D eigenvalue weighted by Crippen LogP contribution is -2.02. The number of rotatable bonds is 14. The minimum Gasteiger partial charge on any atom is -0.507 e. The van der Waals surface area contributed by atoms with Crippen molar-refractivity contribution in [3.05, 3.63) is 54.1 Å². The first kappa shape index (κ1) is 22.5. The predicted molar refractivity (Wildman–Crippen MR) is 123 cm³/mol. The van der Waals surface area contributed by atoms with Gasteiger partial charge in [0.1, 0.15) is 5.75 Å². The van der Waals surface area contributed by atoms with Gasteiger partial charge in [-0.25, -0.2) is 0 Å². The molecule has 2 rings (SSSR count). The first-order valence-electron chi connectivity index (χ1n) is 11.6. The van der Waals surface area contributed by atoms with Crippen molar-refractivity contribution in [2.75, 3.05) is 0 Å². The highest BCUT2D eigenvalue weighted by Crippen LogP contribution is 2.38. The SMILES string of the molecule is CCCCCCCC(CCCCCCC)c1ccccc1-c1ccccc1O. The topological polar surface area (TPSA) is 20.2 Å².